The van der Waals surface area contributed by atoms with Crippen LogP contribution in [-0.2, 0) is 11.3 Å². The van der Waals surface area contributed by atoms with Gasteiger partial charge in [-0.25, -0.2) is 9.97 Å². The molecular formula is C13H22N4O. The average Bonchev–Trinajstić information content (AvgIpc) is 2.39. The van der Waals surface area contributed by atoms with E-state index in [1.807, 2.05) is 12.3 Å². The molecule has 0 spiro atoms. The fraction of sp³-hybridized carbons (Fsp3) is 0.692. The molecular weight excluding hydrogens is 228 g/mol. The highest BCUT2D eigenvalue weighted by Crippen LogP contribution is 2.17. The zero-order valence-corrected chi connectivity index (χ0v) is 11.2. The maximum absolute atomic E-state index is 5.73. The largest absolute Gasteiger partial charge is 0.368 e. The second-order valence-electron chi connectivity index (χ2n) is 4.70. The van der Waals surface area contributed by atoms with Crippen LogP contribution in [0, 0.1) is 0 Å². The maximum Gasteiger partial charge on any atom is 0.158 e. The molecule has 0 aromatic carbocycles. The minimum atomic E-state index is 0.00914. The second kappa shape index (κ2) is 6.78. The minimum absolute atomic E-state index is 0.00914. The van der Waals surface area contributed by atoms with Gasteiger partial charge in [0.05, 0.1) is 12.3 Å². The zero-order valence-electron chi connectivity index (χ0n) is 11.2. The standard InChI is InChI=1S/C13H22N4O/c1-3-5-14-9-11-4-6-15-13(16-11)12-10-17(2)7-8-18-12/h4,6,12,14H,3,5,7-10H2,1-2H3. The van der Waals surface area contributed by atoms with Gasteiger partial charge in [-0.1, -0.05) is 6.92 Å². The van der Waals surface area contributed by atoms with Crippen LogP contribution in [0.1, 0.15) is 31.0 Å². The van der Waals surface area contributed by atoms with Gasteiger partial charge in [0.2, 0.25) is 0 Å². The highest BCUT2D eigenvalue weighted by molar-refractivity contribution is 5.05. The van der Waals surface area contributed by atoms with Crippen LogP contribution in [0.15, 0.2) is 12.3 Å². The molecule has 5 heteroatoms. The minimum Gasteiger partial charge on any atom is -0.368 e. The molecule has 1 saturated heterocycles. The first kappa shape index (κ1) is 13.4. The molecule has 2 heterocycles. The van der Waals surface area contributed by atoms with Gasteiger partial charge in [-0.2, -0.15) is 0 Å². The molecule has 1 aromatic heterocycles. The Bertz CT molecular complexity index is 372. The van der Waals surface area contributed by atoms with E-state index in [1.165, 1.54) is 0 Å². The van der Waals surface area contributed by atoms with Crippen molar-refractivity contribution in [3.63, 3.8) is 0 Å². The fourth-order valence-corrected chi connectivity index (χ4v) is 1.99. The third kappa shape index (κ3) is 3.73. The first-order valence-electron chi connectivity index (χ1n) is 6.62. The summed E-state index contributed by atoms with van der Waals surface area (Å²) in [5.41, 5.74) is 1.03. The summed E-state index contributed by atoms with van der Waals surface area (Å²) in [4.78, 5) is 11.2. The van der Waals surface area contributed by atoms with Crippen LogP contribution in [0.3, 0.4) is 0 Å². The number of morpholine rings is 1. The van der Waals surface area contributed by atoms with E-state index in [1.54, 1.807) is 0 Å². The number of nitrogens with zero attached hydrogens (tertiary/aromatic N) is 3. The van der Waals surface area contributed by atoms with Gasteiger partial charge in [0.25, 0.3) is 0 Å². The van der Waals surface area contributed by atoms with Crippen molar-refractivity contribution < 1.29 is 4.74 Å². The van der Waals surface area contributed by atoms with Gasteiger partial charge in [-0.15, -0.1) is 0 Å². The summed E-state index contributed by atoms with van der Waals surface area (Å²) in [5, 5.41) is 3.35. The summed E-state index contributed by atoms with van der Waals surface area (Å²) >= 11 is 0. The van der Waals surface area contributed by atoms with Crippen molar-refractivity contribution in [2.24, 2.45) is 0 Å². The summed E-state index contributed by atoms with van der Waals surface area (Å²) in [6.45, 7) is 6.57. The Balaban J connectivity index is 1.97. The molecule has 1 aromatic rings. The monoisotopic (exact) mass is 250 g/mol. The van der Waals surface area contributed by atoms with E-state index in [9.17, 15) is 0 Å². The lowest BCUT2D eigenvalue weighted by Crippen LogP contribution is -2.36. The summed E-state index contributed by atoms with van der Waals surface area (Å²) in [6.07, 6.45) is 2.97. The Morgan fingerprint density at radius 2 is 2.44 bits per heavy atom. The van der Waals surface area contributed by atoms with Crippen molar-refractivity contribution in [1.29, 1.82) is 0 Å². The molecule has 1 aliphatic rings. The highest BCUT2D eigenvalue weighted by Gasteiger charge is 2.21. The Kier molecular flexibility index (Phi) is 5.04. The number of aromatic nitrogens is 2. The van der Waals surface area contributed by atoms with Crippen LogP contribution in [-0.4, -0.2) is 48.2 Å². The molecule has 1 unspecified atom stereocenters. The number of rotatable bonds is 5. The second-order valence-corrected chi connectivity index (χ2v) is 4.70. The molecule has 1 N–H and O–H groups in total. The Hall–Kier alpha value is -1.04. The third-order valence-corrected chi connectivity index (χ3v) is 3.02. The van der Waals surface area contributed by atoms with E-state index in [2.05, 4.69) is 34.2 Å². The molecule has 1 aliphatic heterocycles. The molecule has 0 bridgehead atoms. The van der Waals surface area contributed by atoms with Crippen LogP contribution in [0.5, 0.6) is 0 Å². The number of hydrogen-bond acceptors (Lipinski definition) is 5. The van der Waals surface area contributed by atoms with Gasteiger partial charge in [-0.05, 0) is 26.1 Å². The Labute approximate surface area is 109 Å². The summed E-state index contributed by atoms with van der Waals surface area (Å²) in [7, 11) is 2.10. The van der Waals surface area contributed by atoms with Gasteiger partial charge in [-0.3, -0.25) is 0 Å². The molecule has 18 heavy (non-hydrogen) atoms. The molecule has 5 nitrogen and oxygen atoms in total. The van der Waals surface area contributed by atoms with Crippen LogP contribution in [0.25, 0.3) is 0 Å². The predicted molar refractivity (Wildman–Crippen MR) is 70.2 cm³/mol. The Morgan fingerprint density at radius 3 is 3.22 bits per heavy atom. The van der Waals surface area contributed by atoms with E-state index in [4.69, 9.17) is 4.74 Å². The van der Waals surface area contributed by atoms with E-state index in [0.29, 0.717) is 0 Å². The van der Waals surface area contributed by atoms with Gasteiger partial charge >= 0.3 is 0 Å². The van der Waals surface area contributed by atoms with Crippen molar-refractivity contribution in [2.45, 2.75) is 26.0 Å². The van der Waals surface area contributed by atoms with Crippen LogP contribution in [0.2, 0.25) is 0 Å². The third-order valence-electron chi connectivity index (χ3n) is 3.02. The van der Waals surface area contributed by atoms with Crippen molar-refractivity contribution in [1.82, 2.24) is 20.2 Å². The predicted octanol–water partition coefficient (Wildman–Crippen LogP) is 0.979. The first-order valence-corrected chi connectivity index (χ1v) is 6.62. The van der Waals surface area contributed by atoms with E-state index in [-0.39, 0.29) is 6.10 Å². The van der Waals surface area contributed by atoms with Crippen LogP contribution in [0.4, 0.5) is 0 Å². The smallest absolute Gasteiger partial charge is 0.158 e. The average molecular weight is 250 g/mol. The van der Waals surface area contributed by atoms with Gasteiger partial charge in [0.15, 0.2) is 5.82 Å². The van der Waals surface area contributed by atoms with Crippen LogP contribution < -0.4 is 5.32 Å². The number of hydrogen-bond donors (Lipinski definition) is 1. The fourth-order valence-electron chi connectivity index (χ4n) is 1.99. The van der Waals surface area contributed by atoms with Crippen LogP contribution >= 0.6 is 0 Å². The van der Waals surface area contributed by atoms with E-state index in [0.717, 1.165) is 50.7 Å². The lowest BCUT2D eigenvalue weighted by Gasteiger charge is -2.29. The maximum atomic E-state index is 5.73. The normalized spacial score (nSPS) is 21.1. The quantitative estimate of drug-likeness (QED) is 0.789. The van der Waals surface area contributed by atoms with Gasteiger partial charge in [0, 0.05) is 25.8 Å². The molecule has 100 valence electrons. The number of likely N-dealkylation sites (N-methyl/N-ethyl adjacent to an activating group) is 1. The molecule has 2 rings (SSSR count). The first-order chi connectivity index (χ1) is 8.79. The summed E-state index contributed by atoms with van der Waals surface area (Å²) in [6, 6.07) is 1.96. The SMILES string of the molecule is CCCNCc1ccnc(C2CN(C)CCO2)n1. The molecule has 1 atom stereocenters. The number of ether oxygens (including phenoxy) is 1. The van der Waals surface area contributed by atoms with Crippen molar-refractivity contribution in [2.75, 3.05) is 33.3 Å². The van der Waals surface area contributed by atoms with Gasteiger partial charge in [0.1, 0.15) is 6.10 Å². The van der Waals surface area contributed by atoms with Crippen molar-refractivity contribution in [3.8, 4) is 0 Å². The van der Waals surface area contributed by atoms with E-state index >= 15 is 0 Å². The van der Waals surface area contributed by atoms with Crippen molar-refractivity contribution in [3.05, 3.63) is 23.8 Å². The van der Waals surface area contributed by atoms with E-state index < -0.39 is 0 Å². The lowest BCUT2D eigenvalue weighted by molar-refractivity contribution is -0.0256. The molecule has 0 aliphatic carbocycles. The molecule has 0 radical (unpaired) electrons. The Morgan fingerprint density at radius 1 is 1.56 bits per heavy atom. The summed E-state index contributed by atoms with van der Waals surface area (Å²) < 4.78 is 5.73. The molecule has 0 saturated carbocycles. The highest BCUT2D eigenvalue weighted by atomic mass is 16.5. The van der Waals surface area contributed by atoms with Crippen molar-refractivity contribution >= 4 is 0 Å². The molecule has 1 fully saturated rings. The molecule has 0 amide bonds. The number of nitrogens with one attached hydrogen (secondary N) is 1. The zero-order chi connectivity index (χ0) is 12.8. The van der Waals surface area contributed by atoms with Gasteiger partial charge < -0.3 is 15.0 Å². The lowest BCUT2D eigenvalue weighted by atomic mass is 10.2. The topological polar surface area (TPSA) is 50.3 Å². The summed E-state index contributed by atoms with van der Waals surface area (Å²) in [5.74, 6) is 0.803.